The molecule has 1 N–H and O–H groups in total. The summed E-state index contributed by atoms with van der Waals surface area (Å²) in [4.78, 5) is 0. The molecule has 0 fully saturated rings. The van der Waals surface area contributed by atoms with Crippen molar-refractivity contribution < 1.29 is 19.3 Å². The van der Waals surface area contributed by atoms with Crippen LogP contribution in [0.25, 0.3) is 10.8 Å². The van der Waals surface area contributed by atoms with Gasteiger partial charge in [-0.2, -0.15) is 0 Å². The summed E-state index contributed by atoms with van der Waals surface area (Å²) in [5.41, 5.74) is 0.647. The van der Waals surface area contributed by atoms with Gasteiger partial charge in [-0.25, -0.2) is 0 Å². The molecular formula is C16H21O4P. The van der Waals surface area contributed by atoms with E-state index in [-0.39, 0.29) is 5.41 Å². The largest absolute Gasteiger partial charge is 0.507 e. The number of benzene rings is 1. The second-order valence-corrected chi connectivity index (χ2v) is 6.90. The van der Waals surface area contributed by atoms with Crippen LogP contribution in [0.3, 0.4) is 0 Å². The van der Waals surface area contributed by atoms with Gasteiger partial charge >= 0.3 is 0 Å². The molecule has 0 atom stereocenters. The fraction of sp³-hybridized carbons (Fsp3) is 0.438. The minimum atomic E-state index is -0.153. The van der Waals surface area contributed by atoms with Crippen molar-refractivity contribution in [2.24, 2.45) is 0 Å². The molecule has 0 aliphatic heterocycles. The molecule has 0 aliphatic carbocycles. The van der Waals surface area contributed by atoms with E-state index in [1.165, 1.54) is 0 Å². The fourth-order valence-corrected chi connectivity index (χ4v) is 3.43. The van der Waals surface area contributed by atoms with Gasteiger partial charge in [0.15, 0.2) is 17.0 Å². The predicted octanol–water partition coefficient (Wildman–Crippen LogP) is 4.45. The molecule has 4 nitrogen and oxygen atoms in total. The normalized spacial score (nSPS) is 11.9. The van der Waals surface area contributed by atoms with E-state index in [1.807, 2.05) is 6.07 Å². The van der Waals surface area contributed by atoms with Crippen molar-refractivity contribution in [3.63, 3.8) is 0 Å². The van der Waals surface area contributed by atoms with Crippen molar-refractivity contribution >= 4 is 19.0 Å². The number of rotatable bonds is 3. The van der Waals surface area contributed by atoms with Crippen LogP contribution in [0.1, 0.15) is 26.1 Å². The van der Waals surface area contributed by atoms with Gasteiger partial charge in [0.1, 0.15) is 5.75 Å². The Labute approximate surface area is 126 Å². The standard InChI is InChI=1S/C16H21O4P/c1-16(2,3)14-13(17)9-7-11(18-4)12(19-5)8-10(9)15(20-6)21-14/h7-8,17H,1-6H3. The number of hydrogen-bond acceptors (Lipinski definition) is 4. The van der Waals surface area contributed by atoms with Crippen molar-refractivity contribution in [3.05, 3.63) is 17.4 Å². The average Bonchev–Trinajstić information content (AvgIpc) is 2.45. The molecule has 1 aromatic carbocycles. The minimum Gasteiger partial charge on any atom is -0.507 e. The average molecular weight is 308 g/mol. The monoisotopic (exact) mass is 308 g/mol. The molecular weight excluding hydrogens is 287 g/mol. The summed E-state index contributed by atoms with van der Waals surface area (Å²) in [5.74, 6) is 1.50. The first-order valence-corrected chi connectivity index (χ1v) is 7.56. The van der Waals surface area contributed by atoms with Gasteiger partial charge in [-0.3, -0.25) is 0 Å². The summed E-state index contributed by atoms with van der Waals surface area (Å²) in [6, 6.07) is 3.64. The maximum atomic E-state index is 10.7. The fourth-order valence-electron chi connectivity index (χ4n) is 2.27. The van der Waals surface area contributed by atoms with E-state index in [2.05, 4.69) is 20.8 Å². The number of ether oxygens (including phenoxy) is 3. The smallest absolute Gasteiger partial charge is 0.161 e. The number of fused-ring (bicyclic) bond motifs is 1. The Bertz CT molecular complexity index is 674. The zero-order chi connectivity index (χ0) is 15.8. The van der Waals surface area contributed by atoms with E-state index >= 15 is 0 Å². The quantitative estimate of drug-likeness (QED) is 0.910. The molecule has 0 radical (unpaired) electrons. The molecule has 1 heterocycles. The zero-order valence-electron chi connectivity index (χ0n) is 13.3. The Morgan fingerprint density at radius 1 is 0.905 bits per heavy atom. The minimum absolute atomic E-state index is 0.153. The Kier molecular flexibility index (Phi) is 4.20. The topological polar surface area (TPSA) is 47.9 Å². The van der Waals surface area contributed by atoms with E-state index < -0.39 is 0 Å². The van der Waals surface area contributed by atoms with Crippen molar-refractivity contribution in [3.8, 4) is 22.7 Å². The first-order valence-electron chi connectivity index (χ1n) is 6.66. The molecule has 0 unspecified atom stereocenters. The van der Waals surface area contributed by atoms with Gasteiger partial charge in [-0.15, -0.1) is 0 Å². The van der Waals surface area contributed by atoms with Crippen molar-refractivity contribution in [1.82, 2.24) is 0 Å². The summed E-state index contributed by atoms with van der Waals surface area (Å²) in [6.07, 6.45) is 0. The maximum Gasteiger partial charge on any atom is 0.161 e. The molecule has 0 saturated heterocycles. The molecule has 0 saturated carbocycles. The van der Waals surface area contributed by atoms with Crippen LogP contribution in [0.4, 0.5) is 0 Å². The highest BCUT2D eigenvalue weighted by Gasteiger charge is 2.24. The third-order valence-electron chi connectivity index (χ3n) is 3.35. The predicted molar refractivity (Wildman–Crippen MR) is 86.5 cm³/mol. The molecule has 1 aromatic heterocycles. The summed E-state index contributed by atoms with van der Waals surface area (Å²) in [6.45, 7) is 6.22. The van der Waals surface area contributed by atoms with Gasteiger partial charge in [0.25, 0.3) is 0 Å². The van der Waals surface area contributed by atoms with Crippen LogP contribution in [0.2, 0.25) is 0 Å². The van der Waals surface area contributed by atoms with Crippen LogP contribution in [0.15, 0.2) is 12.1 Å². The summed E-state index contributed by atoms with van der Waals surface area (Å²) in [5, 5.41) is 13.1. The van der Waals surface area contributed by atoms with Crippen LogP contribution in [0.5, 0.6) is 22.7 Å². The van der Waals surface area contributed by atoms with Crippen molar-refractivity contribution in [2.45, 2.75) is 26.2 Å². The molecule has 0 bridgehead atoms. The second-order valence-electron chi connectivity index (χ2n) is 5.82. The van der Waals surface area contributed by atoms with E-state index in [1.54, 1.807) is 27.4 Å². The Morgan fingerprint density at radius 2 is 1.43 bits per heavy atom. The van der Waals surface area contributed by atoms with Crippen molar-refractivity contribution in [2.75, 3.05) is 21.3 Å². The van der Waals surface area contributed by atoms with E-state index in [9.17, 15) is 5.11 Å². The Morgan fingerprint density at radius 3 is 1.86 bits per heavy atom. The van der Waals surface area contributed by atoms with Crippen LogP contribution in [0, 0.1) is 0 Å². The highest BCUT2D eigenvalue weighted by Crippen LogP contribution is 2.50. The van der Waals surface area contributed by atoms with Crippen LogP contribution >= 0.6 is 8.19 Å². The van der Waals surface area contributed by atoms with E-state index in [0.29, 0.717) is 22.6 Å². The molecule has 2 rings (SSSR count). The first kappa shape index (κ1) is 15.7. The second kappa shape index (κ2) is 5.61. The number of hydrogen-bond donors (Lipinski definition) is 1. The lowest BCUT2D eigenvalue weighted by atomic mass is 9.93. The summed E-state index contributed by atoms with van der Waals surface area (Å²) >= 11 is 0. The zero-order valence-corrected chi connectivity index (χ0v) is 14.2. The van der Waals surface area contributed by atoms with Crippen molar-refractivity contribution in [1.29, 1.82) is 0 Å². The Hall–Kier alpha value is -1.67. The summed E-state index contributed by atoms with van der Waals surface area (Å²) < 4.78 is 16.2. The lowest BCUT2D eigenvalue weighted by Crippen LogP contribution is -2.09. The van der Waals surface area contributed by atoms with E-state index in [0.717, 1.165) is 24.4 Å². The molecule has 114 valence electrons. The SMILES string of the molecule is COc1cc2c(OC)pc(C(C)(C)C)c(O)c2cc1OC. The molecule has 0 aliphatic rings. The molecule has 2 aromatic rings. The van der Waals surface area contributed by atoms with Gasteiger partial charge in [-0.05, 0) is 25.7 Å². The highest BCUT2D eigenvalue weighted by atomic mass is 31.0. The van der Waals surface area contributed by atoms with Gasteiger partial charge in [0.05, 0.1) is 21.3 Å². The lowest BCUT2D eigenvalue weighted by molar-refractivity contribution is 0.355. The third-order valence-corrected chi connectivity index (χ3v) is 5.08. The summed E-state index contributed by atoms with van der Waals surface area (Å²) in [7, 11) is 5.69. The maximum absolute atomic E-state index is 10.7. The van der Waals surface area contributed by atoms with Gasteiger partial charge in [-0.1, -0.05) is 20.8 Å². The van der Waals surface area contributed by atoms with Crippen LogP contribution in [-0.4, -0.2) is 26.4 Å². The van der Waals surface area contributed by atoms with Crippen LogP contribution in [-0.2, 0) is 5.41 Å². The van der Waals surface area contributed by atoms with Crippen LogP contribution < -0.4 is 14.2 Å². The highest BCUT2D eigenvalue weighted by molar-refractivity contribution is 7.34. The first-order chi connectivity index (χ1) is 9.83. The van der Waals surface area contributed by atoms with Gasteiger partial charge in [0, 0.05) is 16.1 Å². The third kappa shape index (κ3) is 2.73. The number of aromatic hydroxyl groups is 1. The van der Waals surface area contributed by atoms with E-state index in [4.69, 9.17) is 14.2 Å². The molecule has 5 heteroatoms. The Balaban J connectivity index is 2.89. The van der Waals surface area contributed by atoms with Gasteiger partial charge < -0.3 is 19.3 Å². The molecule has 0 spiro atoms. The molecule has 21 heavy (non-hydrogen) atoms. The number of methoxy groups -OCH3 is 3. The lowest BCUT2D eigenvalue weighted by Gasteiger charge is -2.22. The van der Waals surface area contributed by atoms with Gasteiger partial charge in [0.2, 0.25) is 0 Å². The molecule has 0 amide bonds.